The van der Waals surface area contributed by atoms with Crippen LogP contribution in [0.2, 0.25) is 0 Å². The summed E-state index contributed by atoms with van der Waals surface area (Å²) in [4.78, 5) is 25.5. The molecule has 6 heteroatoms. The molecule has 144 valence electrons. The number of ether oxygens (including phenoxy) is 2. The number of benzene rings is 1. The molecule has 1 saturated heterocycles. The van der Waals surface area contributed by atoms with Crippen molar-refractivity contribution < 1.29 is 23.5 Å². The van der Waals surface area contributed by atoms with Crippen molar-refractivity contribution in [1.82, 2.24) is 4.90 Å². The SMILES string of the molecule is CC(C)C1N(C(=O)C(F)CCCOCc2ccccc2)C(=O)OC1(C)C. The van der Waals surface area contributed by atoms with Crippen molar-refractivity contribution in [3.63, 3.8) is 0 Å². The van der Waals surface area contributed by atoms with Gasteiger partial charge in [0.15, 0.2) is 6.17 Å². The van der Waals surface area contributed by atoms with E-state index >= 15 is 0 Å². The number of imide groups is 1. The van der Waals surface area contributed by atoms with Gasteiger partial charge in [0.05, 0.1) is 12.6 Å². The Balaban J connectivity index is 1.82. The highest BCUT2D eigenvalue weighted by Gasteiger charge is 2.52. The maximum atomic E-state index is 14.4. The molecule has 2 amide bonds. The molecule has 0 N–H and O–H groups in total. The molecular formula is C20H28FNO4. The minimum Gasteiger partial charge on any atom is -0.441 e. The smallest absolute Gasteiger partial charge is 0.417 e. The van der Waals surface area contributed by atoms with E-state index in [4.69, 9.17) is 9.47 Å². The zero-order chi connectivity index (χ0) is 19.3. The van der Waals surface area contributed by atoms with Crippen LogP contribution in [0, 0.1) is 5.92 Å². The Bertz CT molecular complexity index is 617. The third kappa shape index (κ3) is 4.81. The first kappa shape index (κ1) is 20.4. The number of cyclic esters (lactones) is 1. The summed E-state index contributed by atoms with van der Waals surface area (Å²) in [6.45, 7) is 8.07. The van der Waals surface area contributed by atoms with Gasteiger partial charge in [0.25, 0.3) is 5.91 Å². The molecular weight excluding hydrogens is 337 g/mol. The number of carbonyl (C=O) groups excluding carboxylic acids is 2. The molecule has 1 aliphatic heterocycles. The van der Waals surface area contributed by atoms with Gasteiger partial charge in [0, 0.05) is 6.61 Å². The summed E-state index contributed by atoms with van der Waals surface area (Å²) < 4.78 is 25.2. The van der Waals surface area contributed by atoms with Gasteiger partial charge in [0.1, 0.15) is 5.60 Å². The Morgan fingerprint density at radius 3 is 2.58 bits per heavy atom. The third-order valence-electron chi connectivity index (χ3n) is 4.53. The average molecular weight is 365 g/mol. The second kappa shape index (κ2) is 8.62. The molecule has 0 aliphatic carbocycles. The number of hydrogen-bond donors (Lipinski definition) is 0. The lowest BCUT2D eigenvalue weighted by molar-refractivity contribution is -0.136. The second-order valence-corrected chi connectivity index (χ2v) is 7.52. The maximum absolute atomic E-state index is 14.4. The summed E-state index contributed by atoms with van der Waals surface area (Å²) in [5.74, 6) is -0.843. The largest absolute Gasteiger partial charge is 0.441 e. The molecule has 1 aliphatic rings. The van der Waals surface area contributed by atoms with Crippen LogP contribution in [0.1, 0.15) is 46.1 Å². The summed E-state index contributed by atoms with van der Waals surface area (Å²) in [6, 6.07) is 9.21. The quantitative estimate of drug-likeness (QED) is 0.651. The molecule has 1 aromatic rings. The molecule has 0 bridgehead atoms. The molecule has 26 heavy (non-hydrogen) atoms. The van der Waals surface area contributed by atoms with E-state index < -0.39 is 29.8 Å². The van der Waals surface area contributed by atoms with E-state index in [1.165, 1.54) is 0 Å². The Labute approximate surface area is 154 Å². The van der Waals surface area contributed by atoms with Gasteiger partial charge in [-0.1, -0.05) is 44.2 Å². The number of amides is 2. The van der Waals surface area contributed by atoms with Crippen LogP contribution in [0.15, 0.2) is 30.3 Å². The van der Waals surface area contributed by atoms with Gasteiger partial charge in [-0.05, 0) is 38.2 Å². The summed E-state index contributed by atoms with van der Waals surface area (Å²) in [7, 11) is 0. The Kier molecular flexibility index (Phi) is 6.75. The zero-order valence-electron chi connectivity index (χ0n) is 15.9. The highest BCUT2D eigenvalue weighted by molar-refractivity contribution is 5.96. The molecule has 1 fully saturated rings. The zero-order valence-corrected chi connectivity index (χ0v) is 15.9. The fraction of sp³-hybridized carbons (Fsp3) is 0.600. The highest BCUT2D eigenvalue weighted by Crippen LogP contribution is 2.35. The van der Waals surface area contributed by atoms with Crippen molar-refractivity contribution in [1.29, 1.82) is 0 Å². The highest BCUT2D eigenvalue weighted by atomic mass is 19.1. The van der Waals surface area contributed by atoms with Gasteiger partial charge in [-0.3, -0.25) is 4.79 Å². The number of hydrogen-bond acceptors (Lipinski definition) is 4. The molecule has 2 rings (SSSR count). The number of alkyl halides is 1. The second-order valence-electron chi connectivity index (χ2n) is 7.52. The summed E-state index contributed by atoms with van der Waals surface area (Å²) in [6.07, 6.45) is -2.08. The third-order valence-corrected chi connectivity index (χ3v) is 4.53. The molecule has 2 atom stereocenters. The lowest BCUT2D eigenvalue weighted by atomic mass is 9.88. The van der Waals surface area contributed by atoms with Gasteiger partial charge in [0.2, 0.25) is 0 Å². The number of nitrogens with zero attached hydrogens (tertiary/aromatic N) is 1. The maximum Gasteiger partial charge on any atom is 0.417 e. The minimum atomic E-state index is -1.74. The van der Waals surface area contributed by atoms with Gasteiger partial charge < -0.3 is 9.47 Å². The monoisotopic (exact) mass is 365 g/mol. The number of rotatable bonds is 8. The lowest BCUT2D eigenvalue weighted by Crippen LogP contribution is -2.50. The normalized spacial score (nSPS) is 20.3. The van der Waals surface area contributed by atoms with Crippen LogP contribution in [0.3, 0.4) is 0 Å². The summed E-state index contributed by atoms with van der Waals surface area (Å²) >= 11 is 0. The molecule has 1 aromatic carbocycles. The molecule has 2 unspecified atom stereocenters. The molecule has 1 heterocycles. The molecule has 0 spiro atoms. The van der Waals surface area contributed by atoms with Gasteiger partial charge in [-0.2, -0.15) is 0 Å². The van der Waals surface area contributed by atoms with E-state index in [0.29, 0.717) is 19.6 Å². The first-order chi connectivity index (χ1) is 12.2. The van der Waals surface area contributed by atoms with E-state index in [2.05, 4.69) is 0 Å². The van der Waals surface area contributed by atoms with Gasteiger partial charge in [-0.15, -0.1) is 0 Å². The van der Waals surface area contributed by atoms with E-state index in [-0.39, 0.29) is 12.3 Å². The molecule has 0 saturated carbocycles. The van der Waals surface area contributed by atoms with Crippen molar-refractivity contribution >= 4 is 12.0 Å². The number of carbonyl (C=O) groups is 2. The van der Waals surface area contributed by atoms with Gasteiger partial charge in [-0.25, -0.2) is 14.1 Å². The molecule has 0 radical (unpaired) electrons. The molecule has 5 nitrogen and oxygen atoms in total. The lowest BCUT2D eigenvalue weighted by Gasteiger charge is -2.31. The van der Waals surface area contributed by atoms with Crippen molar-refractivity contribution in [3.8, 4) is 0 Å². The summed E-state index contributed by atoms with van der Waals surface area (Å²) in [5.41, 5.74) is 0.224. The van der Waals surface area contributed by atoms with Crippen LogP contribution in [-0.4, -0.2) is 41.3 Å². The predicted molar refractivity (Wildman–Crippen MR) is 96.3 cm³/mol. The Morgan fingerprint density at radius 2 is 1.96 bits per heavy atom. The predicted octanol–water partition coefficient (Wildman–Crippen LogP) is 4.10. The van der Waals surface area contributed by atoms with E-state index in [9.17, 15) is 14.0 Å². The van der Waals surface area contributed by atoms with Crippen LogP contribution in [0.5, 0.6) is 0 Å². The van der Waals surface area contributed by atoms with Crippen molar-refractivity contribution in [2.24, 2.45) is 5.92 Å². The van der Waals surface area contributed by atoms with E-state index in [1.54, 1.807) is 13.8 Å². The Hall–Kier alpha value is -1.95. The van der Waals surface area contributed by atoms with Crippen LogP contribution in [0.4, 0.5) is 9.18 Å². The van der Waals surface area contributed by atoms with Crippen molar-refractivity contribution in [3.05, 3.63) is 35.9 Å². The summed E-state index contributed by atoms with van der Waals surface area (Å²) in [5, 5.41) is 0. The van der Waals surface area contributed by atoms with Crippen LogP contribution >= 0.6 is 0 Å². The van der Waals surface area contributed by atoms with E-state index in [1.807, 2.05) is 44.2 Å². The van der Waals surface area contributed by atoms with Gasteiger partial charge >= 0.3 is 6.09 Å². The van der Waals surface area contributed by atoms with E-state index in [0.717, 1.165) is 10.5 Å². The molecule has 0 aromatic heterocycles. The number of halogens is 1. The fourth-order valence-corrected chi connectivity index (χ4v) is 3.49. The average Bonchev–Trinajstić information content (AvgIpc) is 2.83. The van der Waals surface area contributed by atoms with Crippen LogP contribution in [0.25, 0.3) is 0 Å². The van der Waals surface area contributed by atoms with Crippen LogP contribution in [-0.2, 0) is 20.9 Å². The first-order valence-corrected chi connectivity index (χ1v) is 9.06. The van der Waals surface area contributed by atoms with Crippen molar-refractivity contribution in [2.45, 2.75) is 65.0 Å². The fourth-order valence-electron chi connectivity index (χ4n) is 3.49. The first-order valence-electron chi connectivity index (χ1n) is 9.06. The Morgan fingerprint density at radius 1 is 1.31 bits per heavy atom. The topological polar surface area (TPSA) is 55.8 Å². The minimum absolute atomic E-state index is 0.0165. The standard InChI is InChI=1S/C20H28FNO4/c1-14(2)17-20(3,4)26-19(24)22(17)18(23)16(21)11-8-12-25-13-15-9-6-5-7-10-15/h5-7,9-10,14,16-17H,8,11-13H2,1-4H3. The van der Waals surface area contributed by atoms with Crippen molar-refractivity contribution in [2.75, 3.05) is 6.61 Å². The van der Waals surface area contributed by atoms with Crippen LogP contribution < -0.4 is 0 Å².